The average Bonchev–Trinajstić information content (AvgIpc) is 2.62. The first kappa shape index (κ1) is 18.7. The number of rotatable bonds is 7. The number of carbonyl (C=O) groups excluding carboxylic acids is 1. The molecule has 0 bridgehead atoms. The van der Waals surface area contributed by atoms with Crippen molar-refractivity contribution in [3.63, 3.8) is 0 Å². The minimum Gasteiger partial charge on any atom is -0.497 e. The summed E-state index contributed by atoms with van der Waals surface area (Å²) in [4.78, 5) is 12.1. The molecular formula is C18H21ClN2O4. The molecule has 2 N–H and O–H groups in total. The van der Waals surface area contributed by atoms with Crippen LogP contribution in [-0.2, 0) is 6.42 Å². The van der Waals surface area contributed by atoms with Gasteiger partial charge in [-0.3, -0.25) is 0 Å². The maximum absolute atomic E-state index is 12.1. The maximum Gasteiger partial charge on any atom is 0.319 e. The fraction of sp³-hybridized carbons (Fsp3) is 0.278. The number of ether oxygens (including phenoxy) is 3. The molecule has 0 atom stereocenters. The molecule has 134 valence electrons. The van der Waals surface area contributed by atoms with Crippen LogP contribution < -0.4 is 24.8 Å². The van der Waals surface area contributed by atoms with Crippen LogP contribution in [0.5, 0.6) is 17.2 Å². The van der Waals surface area contributed by atoms with Crippen molar-refractivity contribution in [3.05, 3.63) is 47.0 Å². The van der Waals surface area contributed by atoms with Gasteiger partial charge in [-0.2, -0.15) is 0 Å². The third kappa shape index (κ3) is 5.19. The summed E-state index contributed by atoms with van der Waals surface area (Å²) >= 11 is 6.09. The summed E-state index contributed by atoms with van der Waals surface area (Å²) in [6, 6.07) is 10.6. The van der Waals surface area contributed by atoms with E-state index in [4.69, 9.17) is 25.8 Å². The third-order valence-electron chi connectivity index (χ3n) is 3.56. The number of methoxy groups -OCH3 is 3. The van der Waals surface area contributed by atoms with Gasteiger partial charge in [-0.15, -0.1) is 0 Å². The van der Waals surface area contributed by atoms with E-state index in [9.17, 15) is 4.79 Å². The van der Waals surface area contributed by atoms with Crippen LogP contribution in [0.3, 0.4) is 0 Å². The molecule has 0 saturated carbocycles. The van der Waals surface area contributed by atoms with Crippen LogP contribution in [0.1, 0.15) is 5.56 Å². The van der Waals surface area contributed by atoms with E-state index in [1.165, 1.54) is 14.2 Å². The second kappa shape index (κ2) is 9.03. The van der Waals surface area contributed by atoms with Gasteiger partial charge in [-0.25, -0.2) is 4.79 Å². The van der Waals surface area contributed by atoms with Gasteiger partial charge in [0.1, 0.15) is 17.2 Å². The Bertz CT molecular complexity index is 737. The third-order valence-corrected chi connectivity index (χ3v) is 3.85. The first-order valence-electron chi connectivity index (χ1n) is 7.66. The smallest absolute Gasteiger partial charge is 0.319 e. The Morgan fingerprint density at radius 1 is 1.04 bits per heavy atom. The molecule has 25 heavy (non-hydrogen) atoms. The van der Waals surface area contributed by atoms with Crippen LogP contribution in [0.2, 0.25) is 5.02 Å². The molecule has 2 rings (SSSR count). The molecule has 0 aliphatic rings. The molecular weight excluding hydrogens is 344 g/mol. The minimum absolute atomic E-state index is 0.345. The van der Waals surface area contributed by atoms with Crippen molar-refractivity contribution in [2.24, 2.45) is 0 Å². The van der Waals surface area contributed by atoms with E-state index in [1.807, 2.05) is 24.3 Å². The highest BCUT2D eigenvalue weighted by Crippen LogP contribution is 2.35. The number of benzene rings is 2. The van der Waals surface area contributed by atoms with Crippen molar-refractivity contribution >= 4 is 23.3 Å². The lowest BCUT2D eigenvalue weighted by molar-refractivity contribution is 0.252. The lowest BCUT2D eigenvalue weighted by atomic mass is 10.1. The van der Waals surface area contributed by atoms with E-state index in [0.717, 1.165) is 11.3 Å². The zero-order valence-electron chi connectivity index (χ0n) is 14.4. The summed E-state index contributed by atoms with van der Waals surface area (Å²) in [6.45, 7) is 0.477. The molecule has 6 nitrogen and oxygen atoms in total. The quantitative estimate of drug-likeness (QED) is 0.785. The van der Waals surface area contributed by atoms with Crippen molar-refractivity contribution in [1.29, 1.82) is 0 Å². The number of hydrogen-bond acceptors (Lipinski definition) is 4. The molecule has 2 amide bonds. The molecule has 0 heterocycles. The number of carbonyl (C=O) groups is 1. The SMILES string of the molecule is COc1cccc(CCNC(=O)Nc2cc(Cl)c(OC)cc2OC)c1. The molecule has 0 saturated heterocycles. The predicted octanol–water partition coefficient (Wildman–Crippen LogP) is 3.73. The van der Waals surface area contributed by atoms with Gasteiger partial charge in [-0.05, 0) is 30.2 Å². The van der Waals surface area contributed by atoms with E-state index >= 15 is 0 Å². The summed E-state index contributed by atoms with van der Waals surface area (Å²) in [5.41, 5.74) is 1.54. The zero-order valence-corrected chi connectivity index (χ0v) is 15.1. The van der Waals surface area contributed by atoms with E-state index in [2.05, 4.69) is 10.6 Å². The van der Waals surface area contributed by atoms with Crippen molar-refractivity contribution < 1.29 is 19.0 Å². The Morgan fingerprint density at radius 2 is 1.80 bits per heavy atom. The molecule has 0 radical (unpaired) electrons. The predicted molar refractivity (Wildman–Crippen MR) is 98.3 cm³/mol. The normalized spacial score (nSPS) is 10.1. The zero-order chi connectivity index (χ0) is 18.2. The second-order valence-electron chi connectivity index (χ2n) is 5.17. The van der Waals surface area contributed by atoms with Crippen LogP contribution in [0, 0.1) is 0 Å². The van der Waals surface area contributed by atoms with E-state index in [-0.39, 0.29) is 6.03 Å². The van der Waals surface area contributed by atoms with E-state index < -0.39 is 0 Å². The highest BCUT2D eigenvalue weighted by molar-refractivity contribution is 6.32. The monoisotopic (exact) mass is 364 g/mol. The van der Waals surface area contributed by atoms with E-state index in [1.54, 1.807) is 19.2 Å². The number of halogens is 1. The Morgan fingerprint density at radius 3 is 2.48 bits per heavy atom. The Labute approximate surface area is 152 Å². The molecule has 0 aliphatic carbocycles. The summed E-state index contributed by atoms with van der Waals surface area (Å²) in [6.07, 6.45) is 0.686. The van der Waals surface area contributed by atoms with Crippen LogP contribution >= 0.6 is 11.6 Å². The molecule has 7 heteroatoms. The van der Waals surface area contributed by atoms with Crippen LogP contribution in [0.25, 0.3) is 0 Å². The van der Waals surface area contributed by atoms with Gasteiger partial charge in [0, 0.05) is 12.6 Å². The summed E-state index contributed by atoms with van der Waals surface area (Å²) in [5, 5.41) is 5.90. The highest BCUT2D eigenvalue weighted by Gasteiger charge is 2.12. The lowest BCUT2D eigenvalue weighted by Gasteiger charge is -2.13. The maximum atomic E-state index is 12.1. The molecule has 0 aliphatic heterocycles. The molecule has 0 fully saturated rings. The van der Waals surface area contributed by atoms with Crippen LogP contribution in [-0.4, -0.2) is 33.9 Å². The largest absolute Gasteiger partial charge is 0.497 e. The van der Waals surface area contributed by atoms with Crippen molar-refractivity contribution in [1.82, 2.24) is 5.32 Å². The van der Waals surface area contributed by atoms with Gasteiger partial charge >= 0.3 is 6.03 Å². The number of nitrogens with one attached hydrogen (secondary N) is 2. The van der Waals surface area contributed by atoms with Gasteiger partial charge < -0.3 is 24.8 Å². The topological polar surface area (TPSA) is 68.8 Å². The molecule has 0 spiro atoms. The van der Waals surface area contributed by atoms with Crippen molar-refractivity contribution in [2.75, 3.05) is 33.2 Å². The van der Waals surface area contributed by atoms with Crippen molar-refractivity contribution in [3.8, 4) is 17.2 Å². The molecule has 0 aromatic heterocycles. The number of urea groups is 1. The average molecular weight is 365 g/mol. The Kier molecular flexibility index (Phi) is 6.77. The van der Waals surface area contributed by atoms with Gasteiger partial charge in [0.25, 0.3) is 0 Å². The fourth-order valence-electron chi connectivity index (χ4n) is 2.27. The molecule has 2 aromatic rings. The van der Waals surface area contributed by atoms with Crippen LogP contribution in [0.15, 0.2) is 36.4 Å². The Balaban J connectivity index is 1.92. The van der Waals surface area contributed by atoms with Gasteiger partial charge in [0.2, 0.25) is 0 Å². The Hall–Kier alpha value is -2.60. The number of anilines is 1. The lowest BCUT2D eigenvalue weighted by Crippen LogP contribution is -2.30. The van der Waals surface area contributed by atoms with Gasteiger partial charge in [0.15, 0.2) is 0 Å². The number of hydrogen-bond donors (Lipinski definition) is 2. The first-order valence-corrected chi connectivity index (χ1v) is 8.04. The number of amides is 2. The molecule has 0 unspecified atom stereocenters. The summed E-state index contributed by atoms with van der Waals surface area (Å²) < 4.78 is 15.6. The van der Waals surface area contributed by atoms with Crippen molar-refractivity contribution in [2.45, 2.75) is 6.42 Å². The highest BCUT2D eigenvalue weighted by atomic mass is 35.5. The first-order chi connectivity index (χ1) is 12.1. The van der Waals surface area contributed by atoms with E-state index in [0.29, 0.717) is 35.2 Å². The molecule has 2 aromatic carbocycles. The van der Waals surface area contributed by atoms with Gasteiger partial charge in [-0.1, -0.05) is 23.7 Å². The summed E-state index contributed by atoms with van der Waals surface area (Å²) in [5.74, 6) is 1.73. The second-order valence-corrected chi connectivity index (χ2v) is 5.58. The minimum atomic E-state index is -0.345. The summed E-state index contributed by atoms with van der Waals surface area (Å²) in [7, 11) is 4.64. The van der Waals surface area contributed by atoms with Crippen LogP contribution in [0.4, 0.5) is 10.5 Å². The standard InChI is InChI=1S/C18H21ClN2O4/c1-23-13-6-4-5-12(9-13)7-8-20-18(22)21-15-10-14(19)16(24-2)11-17(15)25-3/h4-6,9-11H,7-8H2,1-3H3,(H2,20,21,22). The fourth-order valence-corrected chi connectivity index (χ4v) is 2.51. The van der Waals surface area contributed by atoms with Gasteiger partial charge in [0.05, 0.1) is 32.0 Å².